The molecule has 0 bridgehead atoms. The molecule has 1 aromatic carbocycles. The highest BCUT2D eigenvalue weighted by Gasteiger charge is 2.26. The van der Waals surface area contributed by atoms with Crippen molar-refractivity contribution in [2.75, 3.05) is 6.54 Å². The number of hydrogen-bond acceptors (Lipinski definition) is 4. The fourth-order valence-corrected chi connectivity index (χ4v) is 4.35. The normalized spacial score (nSPS) is 21.2. The van der Waals surface area contributed by atoms with Crippen LogP contribution in [0.4, 0.5) is 0 Å². The summed E-state index contributed by atoms with van der Waals surface area (Å²) < 4.78 is 0. The summed E-state index contributed by atoms with van der Waals surface area (Å²) in [4.78, 5) is 18.4. The number of hydrogen-bond donors (Lipinski definition) is 2. The summed E-state index contributed by atoms with van der Waals surface area (Å²) >= 11 is 1.67. The van der Waals surface area contributed by atoms with Crippen LogP contribution in [0.1, 0.15) is 43.3 Å². The van der Waals surface area contributed by atoms with E-state index in [2.05, 4.69) is 36.6 Å². The lowest BCUT2D eigenvalue weighted by Crippen LogP contribution is -2.42. The van der Waals surface area contributed by atoms with E-state index in [1.165, 1.54) is 0 Å². The summed E-state index contributed by atoms with van der Waals surface area (Å²) in [6.07, 6.45) is 1.83. The van der Waals surface area contributed by atoms with E-state index in [1.807, 2.05) is 25.1 Å². The van der Waals surface area contributed by atoms with Gasteiger partial charge in [0.25, 0.3) is 0 Å². The third-order valence-corrected chi connectivity index (χ3v) is 5.99. The first kappa shape index (κ1) is 19.9. The molecule has 25 heavy (non-hydrogen) atoms. The van der Waals surface area contributed by atoms with E-state index in [-0.39, 0.29) is 30.3 Å². The minimum absolute atomic E-state index is 0. The van der Waals surface area contributed by atoms with Crippen LogP contribution < -0.4 is 10.6 Å². The Hall–Kier alpha value is -1.43. The zero-order valence-corrected chi connectivity index (χ0v) is 16.5. The number of aromatic nitrogens is 1. The minimum Gasteiger partial charge on any atom is -0.348 e. The van der Waals surface area contributed by atoms with E-state index in [4.69, 9.17) is 4.98 Å². The first-order valence-corrected chi connectivity index (χ1v) is 9.42. The highest BCUT2D eigenvalue weighted by Crippen LogP contribution is 2.32. The number of carbonyl (C=O) groups is 1. The first-order valence-electron chi connectivity index (χ1n) is 8.61. The summed E-state index contributed by atoms with van der Waals surface area (Å²) in [7, 11) is 0. The predicted octanol–water partition coefficient (Wildman–Crippen LogP) is 4.11. The van der Waals surface area contributed by atoms with Gasteiger partial charge in [0, 0.05) is 17.5 Å². The van der Waals surface area contributed by atoms with Gasteiger partial charge in [-0.25, -0.2) is 4.98 Å². The van der Waals surface area contributed by atoms with Crippen molar-refractivity contribution in [1.82, 2.24) is 15.6 Å². The van der Waals surface area contributed by atoms with E-state index in [1.54, 1.807) is 11.3 Å². The number of nitrogens with zero attached hydrogens (tertiary/aromatic N) is 1. The summed E-state index contributed by atoms with van der Waals surface area (Å²) in [5.74, 6) is 0.287. The van der Waals surface area contributed by atoms with Crippen LogP contribution in [-0.4, -0.2) is 23.5 Å². The molecular formula is C19H26ClN3OS. The Morgan fingerprint density at radius 2 is 2.08 bits per heavy atom. The van der Waals surface area contributed by atoms with Gasteiger partial charge < -0.3 is 10.6 Å². The zero-order valence-electron chi connectivity index (χ0n) is 14.9. The van der Waals surface area contributed by atoms with Crippen LogP contribution in [0.25, 0.3) is 10.6 Å². The van der Waals surface area contributed by atoms with Gasteiger partial charge in [-0.15, -0.1) is 23.7 Å². The molecule has 2 aromatic rings. The van der Waals surface area contributed by atoms with Gasteiger partial charge in [0.05, 0.1) is 16.6 Å². The van der Waals surface area contributed by atoms with E-state index in [0.29, 0.717) is 6.04 Å². The van der Waals surface area contributed by atoms with Crippen molar-refractivity contribution in [3.8, 4) is 10.6 Å². The van der Waals surface area contributed by atoms with Crippen LogP contribution in [-0.2, 0) is 4.79 Å². The largest absolute Gasteiger partial charge is 0.348 e. The Balaban J connectivity index is 0.00000225. The van der Waals surface area contributed by atoms with Crippen LogP contribution in [0.3, 0.4) is 0 Å². The molecule has 0 saturated carbocycles. The van der Waals surface area contributed by atoms with Gasteiger partial charge in [0.15, 0.2) is 0 Å². The third kappa shape index (κ3) is 4.81. The highest BCUT2D eigenvalue weighted by atomic mass is 35.5. The van der Waals surface area contributed by atoms with Gasteiger partial charge in [-0.1, -0.05) is 30.3 Å². The van der Waals surface area contributed by atoms with Crippen LogP contribution in [0.5, 0.6) is 0 Å². The highest BCUT2D eigenvalue weighted by molar-refractivity contribution is 7.15. The molecule has 0 spiro atoms. The molecule has 0 radical (unpaired) electrons. The Morgan fingerprint density at radius 3 is 2.76 bits per heavy atom. The van der Waals surface area contributed by atoms with Crippen molar-refractivity contribution in [1.29, 1.82) is 0 Å². The number of carbonyl (C=O) groups excluding carboxylic acids is 1. The maximum atomic E-state index is 12.6. The van der Waals surface area contributed by atoms with E-state index >= 15 is 0 Å². The minimum atomic E-state index is -0.00217. The van der Waals surface area contributed by atoms with Crippen LogP contribution in [0.2, 0.25) is 0 Å². The second kappa shape index (κ2) is 8.79. The molecule has 4 nitrogen and oxygen atoms in total. The lowest BCUT2D eigenvalue weighted by atomic mass is 9.92. The Labute approximate surface area is 159 Å². The molecule has 3 rings (SSSR count). The quantitative estimate of drug-likeness (QED) is 0.840. The van der Waals surface area contributed by atoms with Crippen molar-refractivity contribution >= 4 is 29.7 Å². The third-order valence-electron chi connectivity index (χ3n) is 4.60. The molecule has 1 fully saturated rings. The molecule has 1 unspecified atom stereocenters. The van der Waals surface area contributed by atoms with Crippen molar-refractivity contribution < 1.29 is 4.79 Å². The fourth-order valence-electron chi connectivity index (χ4n) is 3.28. The number of benzene rings is 1. The van der Waals surface area contributed by atoms with Gasteiger partial charge >= 0.3 is 0 Å². The topological polar surface area (TPSA) is 54.0 Å². The van der Waals surface area contributed by atoms with Gasteiger partial charge in [-0.2, -0.15) is 0 Å². The molecule has 1 amide bonds. The zero-order chi connectivity index (χ0) is 17.1. The summed E-state index contributed by atoms with van der Waals surface area (Å²) in [6, 6.07) is 10.6. The standard InChI is InChI=1S/C19H25N3OS.ClH/c1-12-11-16(9-10-20-12)18(23)21-13(2)17-14(3)22-19(24-17)15-7-5-4-6-8-15;/h4-8,12-13,16,20H,9-11H2,1-3H3,(H,21,23);1H/t12-,13?,16-;/m0./s1. The van der Waals surface area contributed by atoms with E-state index in [9.17, 15) is 4.79 Å². The van der Waals surface area contributed by atoms with E-state index < -0.39 is 0 Å². The summed E-state index contributed by atoms with van der Waals surface area (Å²) in [5.41, 5.74) is 2.13. The fraction of sp³-hybridized carbons (Fsp3) is 0.474. The predicted molar refractivity (Wildman–Crippen MR) is 106 cm³/mol. The Bertz CT molecular complexity index is 704. The summed E-state index contributed by atoms with van der Waals surface area (Å²) in [6.45, 7) is 7.14. The smallest absolute Gasteiger partial charge is 0.223 e. The van der Waals surface area contributed by atoms with Gasteiger partial charge in [-0.3, -0.25) is 4.79 Å². The Morgan fingerprint density at radius 1 is 1.36 bits per heavy atom. The number of nitrogens with one attached hydrogen (secondary N) is 2. The maximum Gasteiger partial charge on any atom is 0.223 e. The molecule has 136 valence electrons. The molecule has 2 heterocycles. The second-order valence-electron chi connectivity index (χ2n) is 6.64. The lowest BCUT2D eigenvalue weighted by Gasteiger charge is -2.28. The Kier molecular flexibility index (Phi) is 6.99. The molecule has 0 aliphatic carbocycles. The van der Waals surface area contributed by atoms with Gasteiger partial charge in [0.1, 0.15) is 5.01 Å². The molecule has 1 aromatic heterocycles. The van der Waals surface area contributed by atoms with Gasteiger partial charge in [0.2, 0.25) is 5.91 Å². The molecule has 1 aliphatic heterocycles. The maximum absolute atomic E-state index is 12.6. The molecular weight excluding hydrogens is 354 g/mol. The molecule has 1 aliphatic rings. The lowest BCUT2D eigenvalue weighted by molar-refractivity contribution is -0.126. The molecule has 6 heteroatoms. The number of aryl methyl sites for hydroxylation is 1. The number of halogens is 1. The van der Waals surface area contributed by atoms with Crippen molar-refractivity contribution in [2.24, 2.45) is 5.92 Å². The average Bonchev–Trinajstić information content (AvgIpc) is 2.97. The average molecular weight is 380 g/mol. The van der Waals surface area contributed by atoms with E-state index in [0.717, 1.165) is 40.5 Å². The van der Waals surface area contributed by atoms with Crippen LogP contribution in [0, 0.1) is 12.8 Å². The number of thiazole rings is 1. The SMILES string of the molecule is Cc1nc(-c2ccccc2)sc1C(C)NC(=O)[C@H]1CCN[C@@H](C)C1.Cl. The van der Waals surface area contributed by atoms with Crippen LogP contribution >= 0.6 is 23.7 Å². The molecule has 2 N–H and O–H groups in total. The monoisotopic (exact) mass is 379 g/mol. The number of piperidine rings is 1. The van der Waals surface area contributed by atoms with Crippen molar-refractivity contribution in [3.05, 3.63) is 40.9 Å². The van der Waals surface area contributed by atoms with Crippen LogP contribution in [0.15, 0.2) is 30.3 Å². The molecule has 3 atom stereocenters. The van der Waals surface area contributed by atoms with Crippen molar-refractivity contribution in [2.45, 2.75) is 45.7 Å². The second-order valence-corrected chi connectivity index (χ2v) is 7.67. The molecule has 1 saturated heterocycles. The number of rotatable bonds is 4. The number of amides is 1. The summed E-state index contributed by atoms with van der Waals surface area (Å²) in [5, 5.41) is 7.60. The first-order chi connectivity index (χ1) is 11.5. The van der Waals surface area contributed by atoms with Crippen molar-refractivity contribution in [3.63, 3.8) is 0 Å². The van der Waals surface area contributed by atoms with Gasteiger partial charge in [-0.05, 0) is 40.2 Å².